The van der Waals surface area contributed by atoms with E-state index in [-0.39, 0.29) is 17.3 Å². The lowest BCUT2D eigenvalue weighted by atomic mass is 9.96. The molecule has 1 spiro atoms. The topological polar surface area (TPSA) is 102 Å². The van der Waals surface area contributed by atoms with Gasteiger partial charge in [-0.3, -0.25) is 0 Å². The molecule has 49 heavy (non-hydrogen) atoms. The van der Waals surface area contributed by atoms with Crippen LogP contribution in [-0.2, 0) is 14.2 Å². The van der Waals surface area contributed by atoms with Crippen LogP contribution in [0.4, 0.5) is 0 Å². The summed E-state index contributed by atoms with van der Waals surface area (Å²) < 4.78 is 48.5. The molecule has 0 saturated carbocycles. The summed E-state index contributed by atoms with van der Waals surface area (Å²) in [7, 11) is 0. The van der Waals surface area contributed by atoms with E-state index in [1.54, 1.807) is 18.4 Å². The van der Waals surface area contributed by atoms with E-state index in [0.717, 1.165) is 47.6 Å². The van der Waals surface area contributed by atoms with Crippen molar-refractivity contribution in [1.29, 1.82) is 0 Å². The van der Waals surface area contributed by atoms with Gasteiger partial charge in [0.25, 0.3) is 0 Å². The van der Waals surface area contributed by atoms with Crippen molar-refractivity contribution in [3.8, 4) is 17.2 Å². The van der Waals surface area contributed by atoms with Crippen molar-refractivity contribution >= 4 is 28.0 Å². The summed E-state index contributed by atoms with van der Waals surface area (Å²) in [6.45, 7) is 13.3. The molecule has 2 aromatic carbocycles. The van der Waals surface area contributed by atoms with Crippen molar-refractivity contribution in [2.24, 2.45) is 0 Å². The van der Waals surface area contributed by atoms with E-state index in [9.17, 15) is 4.79 Å². The van der Waals surface area contributed by atoms with Gasteiger partial charge in [0.1, 0.15) is 41.6 Å². The second-order valence-electron chi connectivity index (χ2n) is 14.3. The second-order valence-corrected chi connectivity index (χ2v) is 14.3. The predicted molar refractivity (Wildman–Crippen MR) is 187 cm³/mol. The van der Waals surface area contributed by atoms with E-state index in [0.29, 0.717) is 47.7 Å². The molecule has 9 nitrogen and oxygen atoms in total. The third kappa shape index (κ3) is 7.20. The van der Waals surface area contributed by atoms with Gasteiger partial charge in [0.2, 0.25) is 0 Å². The molecule has 3 atom stereocenters. The molecule has 0 aliphatic carbocycles. The number of furan rings is 1. The van der Waals surface area contributed by atoms with Crippen LogP contribution in [0, 0.1) is 0 Å². The van der Waals surface area contributed by atoms with Gasteiger partial charge in [-0.15, -0.1) is 0 Å². The molecule has 2 aromatic heterocycles. The van der Waals surface area contributed by atoms with E-state index in [4.69, 9.17) is 37.3 Å². The fraction of sp³-hybridized carbons (Fsp3) is 0.425. The fourth-order valence-electron chi connectivity index (χ4n) is 6.50. The zero-order chi connectivity index (χ0) is 34.4. The van der Waals surface area contributed by atoms with E-state index < -0.39 is 11.6 Å². The molecule has 258 valence electrons. The highest BCUT2D eigenvalue weighted by molar-refractivity contribution is 5.91. The average molecular weight is 669 g/mol. The van der Waals surface area contributed by atoms with E-state index in [1.165, 1.54) is 11.6 Å². The van der Waals surface area contributed by atoms with Gasteiger partial charge in [-0.05, 0) is 110 Å². The number of ether oxygens (including phenoxy) is 6. The zero-order valence-corrected chi connectivity index (χ0v) is 29.0. The standard InChI is InChI=1S/C40H44O9/c1-25(16-20-42-28-11-9-27-10-14-36(41)45-31(27)23-28)8-13-35-39(5,6)49-40(48-35)19-15-29-33(46-40)24-32-30(18-22-43-32)37(29)44-21-17-26(2)7-12-34-38(3,4)47-34/h9-11,14-19,22-24,34-35H,7-8,12-13,20-21H2,1-6H3/t34?,35?,40-/m1/s1. The summed E-state index contributed by atoms with van der Waals surface area (Å²) >= 11 is 0. The second kappa shape index (κ2) is 12.9. The highest BCUT2D eigenvalue weighted by Gasteiger charge is 2.54. The maximum Gasteiger partial charge on any atom is 0.350 e. The van der Waals surface area contributed by atoms with E-state index >= 15 is 0 Å². The Morgan fingerprint density at radius 3 is 2.27 bits per heavy atom. The van der Waals surface area contributed by atoms with E-state index in [2.05, 4.69) is 33.8 Å². The molecular formula is C40H44O9. The van der Waals surface area contributed by atoms with Crippen molar-refractivity contribution in [1.82, 2.24) is 0 Å². The van der Waals surface area contributed by atoms with Crippen molar-refractivity contribution in [3.05, 3.63) is 94.1 Å². The van der Waals surface area contributed by atoms with Crippen molar-refractivity contribution in [3.63, 3.8) is 0 Å². The van der Waals surface area contributed by atoms with Gasteiger partial charge >= 0.3 is 11.6 Å². The summed E-state index contributed by atoms with van der Waals surface area (Å²) in [6.07, 6.45) is 13.2. The van der Waals surface area contributed by atoms with Gasteiger partial charge in [-0.2, -0.15) is 0 Å². The molecule has 0 radical (unpaired) electrons. The van der Waals surface area contributed by atoms with Crippen LogP contribution in [0.2, 0.25) is 0 Å². The third-order valence-corrected chi connectivity index (χ3v) is 9.61. The van der Waals surface area contributed by atoms with Crippen molar-refractivity contribution < 1.29 is 37.3 Å². The lowest BCUT2D eigenvalue weighted by Gasteiger charge is -2.30. The van der Waals surface area contributed by atoms with Gasteiger partial charge in [-0.25, -0.2) is 4.79 Å². The molecular weight excluding hydrogens is 624 g/mol. The first-order valence-corrected chi connectivity index (χ1v) is 17.0. The van der Waals surface area contributed by atoms with Crippen LogP contribution in [0.1, 0.15) is 72.8 Å². The zero-order valence-electron chi connectivity index (χ0n) is 29.0. The van der Waals surface area contributed by atoms with Gasteiger partial charge in [0, 0.05) is 29.7 Å². The van der Waals surface area contributed by atoms with Crippen LogP contribution in [-0.4, -0.2) is 42.6 Å². The molecule has 2 saturated heterocycles. The van der Waals surface area contributed by atoms with Gasteiger partial charge < -0.3 is 37.3 Å². The number of hydrogen-bond donors (Lipinski definition) is 0. The maximum absolute atomic E-state index is 11.6. The number of epoxide rings is 1. The largest absolute Gasteiger partial charge is 0.489 e. The molecule has 7 rings (SSSR count). The Labute approximate surface area is 286 Å². The molecule has 2 unspecified atom stereocenters. The number of rotatable bonds is 12. The van der Waals surface area contributed by atoms with Crippen LogP contribution in [0.25, 0.3) is 28.0 Å². The number of benzene rings is 2. The van der Waals surface area contributed by atoms with Crippen molar-refractivity contribution in [2.45, 2.75) is 96.6 Å². The molecule has 0 bridgehead atoms. The van der Waals surface area contributed by atoms with Crippen LogP contribution >= 0.6 is 0 Å². The van der Waals surface area contributed by atoms with Gasteiger partial charge in [0.05, 0.1) is 40.6 Å². The molecule has 4 aromatic rings. The molecule has 5 heterocycles. The Morgan fingerprint density at radius 2 is 1.53 bits per heavy atom. The van der Waals surface area contributed by atoms with Gasteiger partial charge in [-0.1, -0.05) is 11.1 Å². The fourth-order valence-corrected chi connectivity index (χ4v) is 6.50. The summed E-state index contributed by atoms with van der Waals surface area (Å²) in [6, 6.07) is 12.4. The first kappa shape index (κ1) is 33.2. The number of fused-ring (bicyclic) bond motifs is 3. The minimum atomic E-state index is -1.36. The molecule has 9 heteroatoms. The molecule has 0 N–H and O–H groups in total. The summed E-state index contributed by atoms with van der Waals surface area (Å²) in [5, 5.41) is 1.73. The Balaban J connectivity index is 0.974. The third-order valence-electron chi connectivity index (χ3n) is 9.61. The normalized spacial score (nSPS) is 24.0. The first-order valence-electron chi connectivity index (χ1n) is 17.0. The van der Waals surface area contributed by atoms with Gasteiger partial charge in [0.15, 0.2) is 0 Å². The average Bonchev–Trinajstić information content (AvgIpc) is 3.31. The molecule has 3 aliphatic rings. The molecule has 0 amide bonds. The molecule has 3 aliphatic heterocycles. The van der Waals surface area contributed by atoms with Crippen LogP contribution in [0.3, 0.4) is 0 Å². The Hall–Kier alpha value is -4.31. The minimum Gasteiger partial charge on any atom is -0.489 e. The van der Waals surface area contributed by atoms with Crippen LogP contribution < -0.4 is 19.8 Å². The highest BCUT2D eigenvalue weighted by Crippen LogP contribution is 2.48. The lowest BCUT2D eigenvalue weighted by molar-refractivity contribution is -0.270. The van der Waals surface area contributed by atoms with E-state index in [1.807, 2.05) is 56.3 Å². The first-order chi connectivity index (χ1) is 23.4. The van der Waals surface area contributed by atoms with Crippen molar-refractivity contribution in [2.75, 3.05) is 13.2 Å². The summed E-state index contributed by atoms with van der Waals surface area (Å²) in [4.78, 5) is 11.6. The Morgan fingerprint density at radius 1 is 0.837 bits per heavy atom. The summed E-state index contributed by atoms with van der Waals surface area (Å²) in [5.74, 6) is 0.553. The monoisotopic (exact) mass is 668 g/mol. The van der Waals surface area contributed by atoms with Crippen LogP contribution in [0.5, 0.6) is 17.2 Å². The summed E-state index contributed by atoms with van der Waals surface area (Å²) in [5.41, 5.74) is 3.43. The highest BCUT2D eigenvalue weighted by atomic mass is 16.9. The number of allylic oxidation sites excluding steroid dienone is 2. The van der Waals surface area contributed by atoms with Crippen LogP contribution in [0.15, 0.2) is 91.7 Å². The maximum atomic E-state index is 11.6. The smallest absolute Gasteiger partial charge is 0.350 e. The molecule has 2 fully saturated rings. The Kier molecular flexibility index (Phi) is 8.71. The Bertz CT molecular complexity index is 2010. The SMILES string of the molecule is CC(=CCOc1c2c(cc3occc13)O[C@]1(C=C2)OC(CCC(C)=CCOc2ccc3ccc(=O)oc3c2)C(C)(C)O1)CCC1OC1(C)C. The number of hydrogen-bond acceptors (Lipinski definition) is 9. The minimum absolute atomic E-state index is 0.00721. The predicted octanol–water partition coefficient (Wildman–Crippen LogP) is 8.88. The lowest BCUT2D eigenvalue weighted by Crippen LogP contribution is -2.38. The quantitative estimate of drug-likeness (QED) is 0.0832.